The van der Waals surface area contributed by atoms with Gasteiger partial charge in [-0.05, 0) is 41.5 Å². The number of hydrogen-bond donors (Lipinski definition) is 2. The van der Waals surface area contributed by atoms with E-state index in [0.717, 1.165) is 23.3 Å². The van der Waals surface area contributed by atoms with E-state index in [0.29, 0.717) is 34.9 Å². The number of nitrogens with one attached hydrogen (secondary N) is 2. The minimum Gasteiger partial charge on any atom is -0.345 e. The number of carbonyl (C=O) groups is 1. The van der Waals surface area contributed by atoms with Gasteiger partial charge in [-0.2, -0.15) is 23.5 Å². The Labute approximate surface area is 209 Å². The Morgan fingerprint density at radius 3 is 2.30 bits per heavy atom. The van der Waals surface area contributed by atoms with Crippen LogP contribution in [0.2, 0.25) is 0 Å². The number of hydrogen-bond acceptors (Lipinski definition) is 5. The molecule has 0 fully saturated rings. The van der Waals surface area contributed by atoms with Gasteiger partial charge in [0.2, 0.25) is 0 Å². The van der Waals surface area contributed by atoms with E-state index in [1.54, 1.807) is 16.8 Å². The molecule has 2 N–H and O–H groups in total. The molecular weight excluding hydrogens is 483 g/mol. The molecule has 0 aliphatic rings. The Bertz CT molecular complexity index is 1480. The van der Waals surface area contributed by atoms with Gasteiger partial charge in [0, 0.05) is 11.1 Å². The molecule has 5 aromatic rings. The quantitative estimate of drug-likeness (QED) is 0.335. The zero-order valence-electron chi connectivity index (χ0n) is 19.3. The van der Waals surface area contributed by atoms with Crippen molar-refractivity contribution in [3.05, 3.63) is 107 Å². The molecule has 0 radical (unpaired) electrons. The van der Waals surface area contributed by atoms with Crippen molar-refractivity contribution in [2.24, 2.45) is 0 Å². The molecule has 0 spiro atoms. The van der Waals surface area contributed by atoms with E-state index in [-0.39, 0.29) is 12.5 Å². The predicted octanol–water partition coefficient (Wildman–Crippen LogP) is 4.73. The van der Waals surface area contributed by atoms with E-state index in [1.165, 1.54) is 12.1 Å². The molecule has 1 amide bonds. The SMILES string of the molecule is O=C(NCc1nn[nH]n1)c1ccc(Cn2nc(-c3ccccc3)cc2-c2ccc(C(F)(F)F)cc2)cc1. The van der Waals surface area contributed by atoms with Gasteiger partial charge in [-0.15, -0.1) is 10.2 Å². The summed E-state index contributed by atoms with van der Waals surface area (Å²) >= 11 is 0. The van der Waals surface area contributed by atoms with Crippen LogP contribution in [0.1, 0.15) is 27.3 Å². The third kappa shape index (κ3) is 5.56. The second kappa shape index (κ2) is 10.1. The molecule has 5 rings (SSSR count). The van der Waals surface area contributed by atoms with Crippen molar-refractivity contribution in [3.63, 3.8) is 0 Å². The van der Waals surface area contributed by atoms with Crippen molar-refractivity contribution in [2.45, 2.75) is 19.3 Å². The maximum atomic E-state index is 13.1. The summed E-state index contributed by atoms with van der Waals surface area (Å²) in [6, 6.07) is 23.4. The van der Waals surface area contributed by atoms with Gasteiger partial charge in [0.05, 0.1) is 30.0 Å². The second-order valence-corrected chi connectivity index (χ2v) is 8.22. The highest BCUT2D eigenvalue weighted by molar-refractivity contribution is 5.94. The number of benzene rings is 3. The van der Waals surface area contributed by atoms with Crippen LogP contribution in [-0.2, 0) is 19.3 Å². The van der Waals surface area contributed by atoms with E-state index in [2.05, 4.69) is 25.9 Å². The first-order chi connectivity index (χ1) is 17.9. The van der Waals surface area contributed by atoms with Gasteiger partial charge in [-0.25, -0.2) is 0 Å². The number of H-pyrrole nitrogens is 1. The number of tetrazole rings is 1. The minimum atomic E-state index is -4.41. The minimum absolute atomic E-state index is 0.142. The number of halogens is 3. The molecule has 0 atom stereocenters. The highest BCUT2D eigenvalue weighted by Crippen LogP contribution is 2.32. The van der Waals surface area contributed by atoms with Crippen molar-refractivity contribution in [1.29, 1.82) is 0 Å². The Morgan fingerprint density at radius 2 is 1.65 bits per heavy atom. The van der Waals surface area contributed by atoms with Crippen molar-refractivity contribution in [1.82, 2.24) is 35.7 Å². The van der Waals surface area contributed by atoms with Crippen LogP contribution >= 0.6 is 0 Å². The van der Waals surface area contributed by atoms with E-state index in [4.69, 9.17) is 5.10 Å². The summed E-state index contributed by atoms with van der Waals surface area (Å²) in [6.45, 7) is 0.497. The standard InChI is InChI=1S/C26H20F3N7O/c27-26(28,29)21-12-10-19(11-13-21)23-14-22(18-4-2-1-3-5-18)33-36(23)16-17-6-8-20(9-7-17)25(37)30-15-24-31-34-35-32-24/h1-14H,15-16H2,(H,30,37)(H,31,32,34,35). The molecule has 0 aliphatic carbocycles. The molecule has 2 heterocycles. The maximum Gasteiger partial charge on any atom is 0.416 e. The molecule has 186 valence electrons. The summed E-state index contributed by atoms with van der Waals surface area (Å²) in [4.78, 5) is 12.4. The fourth-order valence-corrected chi connectivity index (χ4v) is 3.80. The first-order valence-electron chi connectivity index (χ1n) is 11.3. The Morgan fingerprint density at radius 1 is 0.919 bits per heavy atom. The van der Waals surface area contributed by atoms with Crippen molar-refractivity contribution in [2.75, 3.05) is 0 Å². The van der Waals surface area contributed by atoms with Crippen LogP contribution in [0.5, 0.6) is 0 Å². The third-order valence-electron chi connectivity index (χ3n) is 5.70. The monoisotopic (exact) mass is 503 g/mol. The molecule has 0 saturated heterocycles. The van der Waals surface area contributed by atoms with Crippen LogP contribution in [0.15, 0.2) is 84.9 Å². The van der Waals surface area contributed by atoms with E-state index < -0.39 is 11.7 Å². The molecule has 0 unspecified atom stereocenters. The molecule has 0 bridgehead atoms. The zero-order valence-corrected chi connectivity index (χ0v) is 19.3. The number of alkyl halides is 3. The molecule has 8 nitrogen and oxygen atoms in total. The lowest BCUT2D eigenvalue weighted by molar-refractivity contribution is -0.137. The fourth-order valence-electron chi connectivity index (χ4n) is 3.80. The van der Waals surface area contributed by atoms with Gasteiger partial charge in [-0.1, -0.05) is 59.8 Å². The van der Waals surface area contributed by atoms with Crippen LogP contribution in [-0.4, -0.2) is 36.3 Å². The number of amides is 1. The molecule has 0 saturated carbocycles. The predicted molar refractivity (Wildman–Crippen MR) is 129 cm³/mol. The number of carbonyl (C=O) groups excluding carboxylic acids is 1. The molecule has 37 heavy (non-hydrogen) atoms. The second-order valence-electron chi connectivity index (χ2n) is 8.22. The maximum absolute atomic E-state index is 13.1. The van der Waals surface area contributed by atoms with Gasteiger partial charge in [0.15, 0.2) is 5.82 Å². The van der Waals surface area contributed by atoms with Gasteiger partial charge >= 0.3 is 6.18 Å². The third-order valence-corrected chi connectivity index (χ3v) is 5.70. The van der Waals surface area contributed by atoms with Crippen LogP contribution in [0, 0.1) is 0 Å². The average molecular weight is 503 g/mol. The van der Waals surface area contributed by atoms with Gasteiger partial charge < -0.3 is 5.32 Å². The lowest BCUT2D eigenvalue weighted by Crippen LogP contribution is -2.23. The number of aromatic amines is 1. The van der Waals surface area contributed by atoms with E-state index >= 15 is 0 Å². The number of nitrogens with zero attached hydrogens (tertiary/aromatic N) is 5. The summed E-state index contributed by atoms with van der Waals surface area (Å²) in [5.41, 5.74) is 3.50. The van der Waals surface area contributed by atoms with Gasteiger partial charge in [0.1, 0.15) is 0 Å². The van der Waals surface area contributed by atoms with Crippen LogP contribution in [0.4, 0.5) is 13.2 Å². The first kappa shape index (κ1) is 23.9. The summed E-state index contributed by atoms with van der Waals surface area (Å²) in [5.74, 6) is 0.0842. The van der Waals surface area contributed by atoms with Crippen LogP contribution in [0.3, 0.4) is 0 Å². The Hall–Kier alpha value is -4.80. The van der Waals surface area contributed by atoms with Gasteiger partial charge in [-0.3, -0.25) is 9.48 Å². The molecule has 3 aromatic carbocycles. The average Bonchev–Trinajstić information content (AvgIpc) is 3.58. The fraction of sp³-hybridized carbons (Fsp3) is 0.115. The molecular formula is C26H20F3N7O. The van der Waals surface area contributed by atoms with E-state index in [1.807, 2.05) is 48.5 Å². The highest BCUT2D eigenvalue weighted by atomic mass is 19.4. The van der Waals surface area contributed by atoms with Crippen molar-refractivity contribution < 1.29 is 18.0 Å². The topological polar surface area (TPSA) is 101 Å². The lowest BCUT2D eigenvalue weighted by atomic mass is 10.1. The Kier molecular flexibility index (Phi) is 6.50. The summed E-state index contributed by atoms with van der Waals surface area (Å²) in [5, 5.41) is 20.8. The first-order valence-corrected chi connectivity index (χ1v) is 11.3. The number of aromatic nitrogens is 6. The van der Waals surface area contributed by atoms with Crippen LogP contribution < -0.4 is 5.32 Å². The lowest BCUT2D eigenvalue weighted by Gasteiger charge is -2.10. The zero-order chi connectivity index (χ0) is 25.8. The number of rotatable bonds is 7. The summed E-state index contributed by atoms with van der Waals surface area (Å²) < 4.78 is 40.9. The highest BCUT2D eigenvalue weighted by Gasteiger charge is 2.30. The van der Waals surface area contributed by atoms with E-state index in [9.17, 15) is 18.0 Å². The largest absolute Gasteiger partial charge is 0.416 e. The van der Waals surface area contributed by atoms with Crippen molar-refractivity contribution >= 4 is 5.91 Å². The normalized spacial score (nSPS) is 11.4. The van der Waals surface area contributed by atoms with Crippen molar-refractivity contribution in [3.8, 4) is 22.5 Å². The molecule has 11 heteroatoms. The summed E-state index contributed by atoms with van der Waals surface area (Å²) in [6.07, 6.45) is -4.41. The van der Waals surface area contributed by atoms with Gasteiger partial charge in [0.25, 0.3) is 5.91 Å². The summed E-state index contributed by atoms with van der Waals surface area (Å²) in [7, 11) is 0. The molecule has 0 aliphatic heterocycles. The smallest absolute Gasteiger partial charge is 0.345 e. The molecule has 2 aromatic heterocycles. The van der Waals surface area contributed by atoms with Crippen LogP contribution in [0.25, 0.3) is 22.5 Å². The Balaban J connectivity index is 1.39.